The lowest BCUT2D eigenvalue weighted by Gasteiger charge is -2.32. The van der Waals surface area contributed by atoms with Crippen LogP contribution in [0, 0.1) is 6.92 Å². The van der Waals surface area contributed by atoms with Crippen molar-refractivity contribution in [1.82, 2.24) is 30.4 Å². The number of tetrazole rings is 1. The zero-order valence-corrected chi connectivity index (χ0v) is 25.3. The largest absolute Gasteiger partial charge is 0.454 e. The number of rotatable bonds is 10. The maximum absolute atomic E-state index is 14.2. The summed E-state index contributed by atoms with van der Waals surface area (Å²) in [6, 6.07) is 20.3. The Morgan fingerprint density at radius 1 is 0.977 bits per heavy atom. The van der Waals surface area contributed by atoms with Gasteiger partial charge in [-0.05, 0) is 60.4 Å². The minimum Gasteiger partial charge on any atom is -0.454 e. The number of fused-ring (bicyclic) bond motifs is 1. The van der Waals surface area contributed by atoms with Gasteiger partial charge in [0.15, 0.2) is 11.5 Å². The molecule has 1 fully saturated rings. The Balaban J connectivity index is 1.34. The van der Waals surface area contributed by atoms with E-state index >= 15 is 0 Å². The summed E-state index contributed by atoms with van der Waals surface area (Å²) < 4.78 is 11.1. The minimum atomic E-state index is -0.884. The second-order valence-corrected chi connectivity index (χ2v) is 11.6. The molecule has 0 radical (unpaired) electrons. The fourth-order valence-corrected chi connectivity index (χ4v) is 5.68. The summed E-state index contributed by atoms with van der Waals surface area (Å²) in [5.74, 6) is 1.15. The van der Waals surface area contributed by atoms with E-state index in [9.17, 15) is 9.59 Å². The molecule has 1 aliphatic heterocycles. The topological polar surface area (TPSA) is 115 Å². The van der Waals surface area contributed by atoms with Gasteiger partial charge in [-0.3, -0.25) is 9.59 Å². The summed E-state index contributed by atoms with van der Waals surface area (Å²) in [5.41, 5.74) is 4.44. The molecule has 1 aliphatic carbocycles. The highest BCUT2D eigenvalue weighted by Gasteiger charge is 2.34. The van der Waals surface area contributed by atoms with Crippen molar-refractivity contribution >= 4 is 17.5 Å². The number of benzene rings is 3. The van der Waals surface area contributed by atoms with Crippen LogP contribution in [0.2, 0.25) is 0 Å². The monoisotopic (exact) mass is 595 g/mol. The lowest BCUT2D eigenvalue weighted by Crippen LogP contribution is -2.46. The molecule has 0 saturated heterocycles. The van der Waals surface area contributed by atoms with Gasteiger partial charge in [0, 0.05) is 37.9 Å². The predicted molar refractivity (Wildman–Crippen MR) is 165 cm³/mol. The van der Waals surface area contributed by atoms with E-state index in [0.717, 1.165) is 48.1 Å². The van der Waals surface area contributed by atoms with Crippen LogP contribution in [-0.2, 0) is 22.7 Å². The van der Waals surface area contributed by atoms with E-state index in [1.54, 1.807) is 4.90 Å². The van der Waals surface area contributed by atoms with Gasteiger partial charge in [0.05, 0.1) is 0 Å². The van der Waals surface area contributed by atoms with E-state index in [1.165, 1.54) is 4.80 Å². The number of nitrogens with zero attached hydrogens (tertiary/aromatic N) is 6. The molecule has 0 unspecified atom stereocenters. The number of hydrogen-bond donors (Lipinski definition) is 1. The first kappa shape index (κ1) is 29.2. The molecule has 11 heteroatoms. The van der Waals surface area contributed by atoms with E-state index < -0.39 is 6.04 Å². The van der Waals surface area contributed by atoms with Crippen LogP contribution in [0.1, 0.15) is 48.4 Å². The van der Waals surface area contributed by atoms with Gasteiger partial charge in [0.25, 0.3) is 0 Å². The number of amides is 2. The van der Waals surface area contributed by atoms with Gasteiger partial charge >= 0.3 is 0 Å². The van der Waals surface area contributed by atoms with Gasteiger partial charge in [-0.1, -0.05) is 60.9 Å². The van der Waals surface area contributed by atoms with Crippen LogP contribution in [0.5, 0.6) is 11.5 Å². The summed E-state index contributed by atoms with van der Waals surface area (Å²) in [6.45, 7) is 2.13. The first-order valence-corrected chi connectivity index (χ1v) is 14.9. The van der Waals surface area contributed by atoms with Crippen LogP contribution in [0.4, 0.5) is 5.69 Å². The number of hydrogen-bond acceptors (Lipinski definition) is 8. The maximum Gasteiger partial charge on any atom is 0.247 e. The average molecular weight is 596 g/mol. The normalized spacial score (nSPS) is 14.8. The molecule has 44 heavy (non-hydrogen) atoms. The second kappa shape index (κ2) is 12.7. The number of carbonyl (C=O) groups excluding carboxylic acids is 2. The van der Waals surface area contributed by atoms with Crippen molar-refractivity contribution in [1.29, 1.82) is 0 Å². The SMILES string of the molecule is Cc1ccc(-c2nnn(CC(=O)N(Cc3ccc4c(c3)OCO4)[C@H](C(=O)NC3CCCC3)c3ccc(N(C)C)cc3)n2)cc1. The highest BCUT2D eigenvalue weighted by molar-refractivity contribution is 5.89. The summed E-state index contributed by atoms with van der Waals surface area (Å²) in [6.07, 6.45) is 4.01. The molecule has 0 spiro atoms. The molecule has 3 aromatic carbocycles. The van der Waals surface area contributed by atoms with E-state index in [4.69, 9.17) is 9.47 Å². The Morgan fingerprint density at radius 2 is 1.70 bits per heavy atom. The fraction of sp³-hybridized carbons (Fsp3) is 0.364. The number of nitrogens with one attached hydrogen (secondary N) is 1. The minimum absolute atomic E-state index is 0.0857. The zero-order chi connectivity index (χ0) is 30.6. The molecule has 11 nitrogen and oxygen atoms in total. The molecule has 1 N–H and O–H groups in total. The smallest absolute Gasteiger partial charge is 0.247 e. The standard InChI is InChI=1S/C33H37N7O4/c1-22-8-11-25(12-9-22)32-35-37-40(36-32)20-30(41)39(19-23-10-17-28-29(18-23)44-21-43-28)31(33(42)34-26-6-4-5-7-26)24-13-15-27(16-14-24)38(2)3/h8-18,26,31H,4-7,19-21H2,1-3H3,(H,34,42)/t31-/m0/s1. The van der Waals surface area contributed by atoms with Crippen molar-refractivity contribution in [3.63, 3.8) is 0 Å². The predicted octanol–water partition coefficient (Wildman–Crippen LogP) is 4.27. The number of ether oxygens (including phenoxy) is 2. The second-order valence-electron chi connectivity index (χ2n) is 11.6. The van der Waals surface area contributed by atoms with Crippen molar-refractivity contribution in [2.75, 3.05) is 25.8 Å². The van der Waals surface area contributed by atoms with Crippen molar-refractivity contribution in [3.05, 3.63) is 83.4 Å². The van der Waals surface area contributed by atoms with Crippen molar-refractivity contribution in [3.8, 4) is 22.9 Å². The molecular formula is C33H37N7O4. The third-order valence-electron chi connectivity index (χ3n) is 8.14. The fourth-order valence-electron chi connectivity index (χ4n) is 5.68. The molecule has 1 atom stereocenters. The summed E-state index contributed by atoms with van der Waals surface area (Å²) >= 11 is 0. The third kappa shape index (κ3) is 6.51. The summed E-state index contributed by atoms with van der Waals surface area (Å²) in [4.78, 5) is 33.2. The molecule has 228 valence electrons. The Kier molecular flexibility index (Phi) is 8.44. The van der Waals surface area contributed by atoms with Crippen molar-refractivity contribution in [2.24, 2.45) is 0 Å². The highest BCUT2D eigenvalue weighted by atomic mass is 16.7. The molecule has 4 aromatic rings. The molecule has 2 amide bonds. The molecule has 6 rings (SSSR count). The highest BCUT2D eigenvalue weighted by Crippen LogP contribution is 2.34. The van der Waals surface area contributed by atoms with E-state index in [0.29, 0.717) is 22.9 Å². The summed E-state index contributed by atoms with van der Waals surface area (Å²) in [7, 11) is 3.93. The molecular weight excluding hydrogens is 558 g/mol. The van der Waals surface area contributed by atoms with E-state index in [1.807, 2.05) is 92.6 Å². The Morgan fingerprint density at radius 3 is 2.43 bits per heavy atom. The average Bonchev–Trinajstić information content (AvgIpc) is 3.80. The first-order valence-electron chi connectivity index (χ1n) is 14.9. The van der Waals surface area contributed by atoms with Gasteiger partial charge in [-0.2, -0.15) is 4.80 Å². The molecule has 1 saturated carbocycles. The van der Waals surface area contributed by atoms with Gasteiger partial charge in [-0.25, -0.2) is 0 Å². The quantitative estimate of drug-likeness (QED) is 0.289. The number of anilines is 1. The van der Waals surface area contributed by atoms with Gasteiger partial charge < -0.3 is 24.6 Å². The Bertz CT molecular complexity index is 1610. The Labute approximate surface area is 256 Å². The van der Waals surface area contributed by atoms with Crippen LogP contribution in [0.3, 0.4) is 0 Å². The first-order chi connectivity index (χ1) is 21.3. The zero-order valence-electron chi connectivity index (χ0n) is 25.3. The van der Waals surface area contributed by atoms with Crippen LogP contribution in [0.15, 0.2) is 66.7 Å². The molecule has 2 aliphatic rings. The maximum atomic E-state index is 14.2. The number of aryl methyl sites for hydroxylation is 1. The number of carbonyl (C=O) groups is 2. The molecule has 2 heterocycles. The van der Waals surface area contributed by atoms with Gasteiger partial charge in [0.2, 0.25) is 24.4 Å². The lowest BCUT2D eigenvalue weighted by atomic mass is 10.0. The molecule has 0 bridgehead atoms. The summed E-state index contributed by atoms with van der Waals surface area (Å²) in [5, 5.41) is 16.1. The van der Waals surface area contributed by atoms with Crippen molar-refractivity contribution < 1.29 is 19.1 Å². The van der Waals surface area contributed by atoms with E-state index in [2.05, 4.69) is 20.7 Å². The van der Waals surface area contributed by atoms with Gasteiger partial charge in [0.1, 0.15) is 12.6 Å². The van der Waals surface area contributed by atoms with Crippen LogP contribution in [0.25, 0.3) is 11.4 Å². The Hall–Kier alpha value is -4.93. The molecule has 1 aromatic heterocycles. The lowest BCUT2D eigenvalue weighted by molar-refractivity contribution is -0.142. The van der Waals surface area contributed by atoms with Crippen LogP contribution in [-0.4, -0.2) is 63.9 Å². The van der Waals surface area contributed by atoms with E-state index in [-0.39, 0.29) is 37.7 Å². The van der Waals surface area contributed by atoms with Crippen LogP contribution < -0.4 is 19.7 Å². The van der Waals surface area contributed by atoms with Crippen molar-refractivity contribution in [2.45, 2.75) is 57.8 Å². The number of aromatic nitrogens is 4. The third-order valence-corrected chi connectivity index (χ3v) is 8.14. The van der Waals surface area contributed by atoms with Gasteiger partial charge in [-0.15, -0.1) is 10.2 Å². The van der Waals surface area contributed by atoms with Crippen LogP contribution >= 0.6 is 0 Å².